The standard InChI is InChI=1S/C17H17NO4/c19-16(18-8-9-22-15(11-18)17(20)21)10-13-6-3-5-12-4-1-2-7-14(12)13/h1-7,15H,8-11H2,(H,20,21). The van der Waals surface area contributed by atoms with E-state index in [1.807, 2.05) is 42.5 Å². The summed E-state index contributed by atoms with van der Waals surface area (Å²) in [6.45, 7) is 0.810. The molecule has 2 aromatic carbocycles. The number of carbonyl (C=O) groups is 2. The van der Waals surface area contributed by atoms with Crippen LogP contribution < -0.4 is 0 Å². The molecule has 1 heterocycles. The van der Waals surface area contributed by atoms with Crippen molar-refractivity contribution in [1.82, 2.24) is 4.90 Å². The van der Waals surface area contributed by atoms with E-state index in [2.05, 4.69) is 0 Å². The van der Waals surface area contributed by atoms with Crippen LogP contribution in [0.15, 0.2) is 42.5 Å². The molecule has 114 valence electrons. The number of benzene rings is 2. The highest BCUT2D eigenvalue weighted by atomic mass is 16.5. The van der Waals surface area contributed by atoms with Gasteiger partial charge in [-0.25, -0.2) is 4.79 Å². The predicted molar refractivity (Wildman–Crippen MR) is 81.6 cm³/mol. The van der Waals surface area contributed by atoms with Gasteiger partial charge in [-0.15, -0.1) is 0 Å². The molecule has 1 saturated heterocycles. The summed E-state index contributed by atoms with van der Waals surface area (Å²) in [4.78, 5) is 25.0. The van der Waals surface area contributed by atoms with E-state index in [4.69, 9.17) is 9.84 Å². The summed E-state index contributed by atoms with van der Waals surface area (Å²) in [7, 11) is 0. The summed E-state index contributed by atoms with van der Waals surface area (Å²) in [5, 5.41) is 11.2. The van der Waals surface area contributed by atoms with Crippen molar-refractivity contribution < 1.29 is 19.4 Å². The number of hydrogen-bond acceptors (Lipinski definition) is 3. The highest BCUT2D eigenvalue weighted by molar-refractivity contribution is 5.90. The van der Waals surface area contributed by atoms with Gasteiger partial charge in [-0.3, -0.25) is 4.79 Å². The van der Waals surface area contributed by atoms with E-state index in [1.54, 1.807) is 4.90 Å². The largest absolute Gasteiger partial charge is 0.479 e. The number of hydrogen-bond donors (Lipinski definition) is 1. The Morgan fingerprint density at radius 1 is 1.18 bits per heavy atom. The summed E-state index contributed by atoms with van der Waals surface area (Å²) in [6, 6.07) is 13.8. The van der Waals surface area contributed by atoms with E-state index >= 15 is 0 Å². The lowest BCUT2D eigenvalue weighted by Crippen LogP contribution is -2.49. The second-order valence-corrected chi connectivity index (χ2v) is 5.35. The number of morpholine rings is 1. The lowest BCUT2D eigenvalue weighted by Gasteiger charge is -2.31. The van der Waals surface area contributed by atoms with Crippen LogP contribution in [-0.4, -0.2) is 47.7 Å². The van der Waals surface area contributed by atoms with Gasteiger partial charge in [0.25, 0.3) is 0 Å². The molecule has 3 rings (SSSR count). The number of rotatable bonds is 3. The maximum Gasteiger partial charge on any atom is 0.334 e. The SMILES string of the molecule is O=C(O)C1CN(C(=O)Cc2cccc3ccccc23)CCO1. The zero-order chi connectivity index (χ0) is 15.5. The fourth-order valence-electron chi connectivity index (χ4n) is 2.75. The van der Waals surface area contributed by atoms with Gasteiger partial charge in [0.2, 0.25) is 5.91 Å². The van der Waals surface area contributed by atoms with Crippen molar-refractivity contribution in [1.29, 1.82) is 0 Å². The van der Waals surface area contributed by atoms with Gasteiger partial charge in [-0.1, -0.05) is 42.5 Å². The van der Waals surface area contributed by atoms with Crippen LogP contribution in [0.4, 0.5) is 0 Å². The van der Waals surface area contributed by atoms with Gasteiger partial charge in [0.1, 0.15) is 0 Å². The van der Waals surface area contributed by atoms with Gasteiger partial charge in [-0.2, -0.15) is 0 Å². The Balaban J connectivity index is 1.77. The van der Waals surface area contributed by atoms with E-state index in [0.29, 0.717) is 6.54 Å². The minimum Gasteiger partial charge on any atom is -0.479 e. The predicted octanol–water partition coefficient (Wildman–Crippen LogP) is 1.69. The maximum atomic E-state index is 12.5. The molecule has 0 radical (unpaired) electrons. The average molecular weight is 299 g/mol. The second kappa shape index (κ2) is 6.15. The molecule has 1 amide bonds. The molecule has 1 N–H and O–H groups in total. The molecule has 1 unspecified atom stereocenters. The molecular weight excluding hydrogens is 282 g/mol. The van der Waals surface area contributed by atoms with Gasteiger partial charge in [-0.05, 0) is 16.3 Å². The second-order valence-electron chi connectivity index (χ2n) is 5.35. The maximum absolute atomic E-state index is 12.5. The normalized spacial score (nSPS) is 18.4. The smallest absolute Gasteiger partial charge is 0.334 e. The number of amides is 1. The molecule has 0 saturated carbocycles. The molecule has 1 fully saturated rings. The van der Waals surface area contributed by atoms with Crippen molar-refractivity contribution >= 4 is 22.6 Å². The molecule has 2 aromatic rings. The molecule has 1 atom stereocenters. The molecule has 1 aliphatic rings. The Labute approximate surface area is 128 Å². The fraction of sp³-hybridized carbons (Fsp3) is 0.294. The van der Waals surface area contributed by atoms with Gasteiger partial charge in [0, 0.05) is 6.54 Å². The van der Waals surface area contributed by atoms with Crippen LogP contribution in [0.5, 0.6) is 0 Å². The lowest BCUT2D eigenvalue weighted by atomic mass is 10.0. The molecule has 0 aliphatic carbocycles. The number of aliphatic carboxylic acids is 1. The molecule has 5 nitrogen and oxygen atoms in total. The number of carboxylic acids is 1. The first-order chi connectivity index (χ1) is 10.6. The van der Waals surface area contributed by atoms with Crippen LogP contribution in [0, 0.1) is 0 Å². The number of carboxylic acid groups (broad SMARTS) is 1. The van der Waals surface area contributed by atoms with Gasteiger partial charge in [0.05, 0.1) is 19.6 Å². The molecule has 22 heavy (non-hydrogen) atoms. The lowest BCUT2D eigenvalue weighted by molar-refractivity contribution is -0.159. The van der Waals surface area contributed by atoms with Crippen molar-refractivity contribution in [2.24, 2.45) is 0 Å². The number of fused-ring (bicyclic) bond motifs is 1. The minimum absolute atomic E-state index is 0.0640. The first-order valence-corrected chi connectivity index (χ1v) is 7.24. The van der Waals surface area contributed by atoms with E-state index in [1.165, 1.54) is 0 Å². The van der Waals surface area contributed by atoms with Crippen LogP contribution in [0.25, 0.3) is 10.8 Å². The van der Waals surface area contributed by atoms with E-state index < -0.39 is 12.1 Å². The third kappa shape index (κ3) is 2.94. The Kier molecular flexibility index (Phi) is 4.06. The average Bonchev–Trinajstić information content (AvgIpc) is 2.55. The quantitative estimate of drug-likeness (QED) is 0.936. The van der Waals surface area contributed by atoms with Gasteiger partial charge >= 0.3 is 5.97 Å². The zero-order valence-corrected chi connectivity index (χ0v) is 12.1. The number of ether oxygens (including phenoxy) is 1. The highest BCUT2D eigenvalue weighted by Crippen LogP contribution is 2.20. The monoisotopic (exact) mass is 299 g/mol. The van der Waals surface area contributed by atoms with Crippen molar-refractivity contribution in [3.8, 4) is 0 Å². The Bertz CT molecular complexity index is 707. The van der Waals surface area contributed by atoms with Crippen LogP contribution in [0.1, 0.15) is 5.56 Å². The highest BCUT2D eigenvalue weighted by Gasteiger charge is 2.28. The van der Waals surface area contributed by atoms with E-state index in [9.17, 15) is 9.59 Å². The van der Waals surface area contributed by atoms with Crippen LogP contribution in [-0.2, 0) is 20.7 Å². The summed E-state index contributed by atoms with van der Waals surface area (Å²) < 4.78 is 5.15. The first-order valence-electron chi connectivity index (χ1n) is 7.24. The number of nitrogens with zero attached hydrogens (tertiary/aromatic N) is 1. The fourth-order valence-corrected chi connectivity index (χ4v) is 2.75. The Hall–Kier alpha value is -2.40. The third-order valence-electron chi connectivity index (χ3n) is 3.92. The summed E-state index contributed by atoms with van der Waals surface area (Å²) >= 11 is 0. The van der Waals surface area contributed by atoms with Crippen LogP contribution in [0.2, 0.25) is 0 Å². The van der Waals surface area contributed by atoms with E-state index in [0.717, 1.165) is 16.3 Å². The molecule has 0 aromatic heterocycles. The third-order valence-corrected chi connectivity index (χ3v) is 3.92. The molecule has 0 spiro atoms. The van der Waals surface area contributed by atoms with Crippen LogP contribution in [0.3, 0.4) is 0 Å². The van der Waals surface area contributed by atoms with Gasteiger partial charge in [0.15, 0.2) is 6.10 Å². The topological polar surface area (TPSA) is 66.8 Å². The van der Waals surface area contributed by atoms with Crippen molar-refractivity contribution in [2.75, 3.05) is 19.7 Å². The van der Waals surface area contributed by atoms with Crippen molar-refractivity contribution in [3.63, 3.8) is 0 Å². The minimum atomic E-state index is -1.03. The Morgan fingerprint density at radius 3 is 2.77 bits per heavy atom. The zero-order valence-electron chi connectivity index (χ0n) is 12.1. The van der Waals surface area contributed by atoms with Crippen LogP contribution >= 0.6 is 0 Å². The first kappa shape index (κ1) is 14.5. The molecule has 0 bridgehead atoms. The number of carbonyl (C=O) groups excluding carboxylic acids is 1. The van der Waals surface area contributed by atoms with Crippen molar-refractivity contribution in [3.05, 3.63) is 48.0 Å². The molecule has 1 aliphatic heterocycles. The Morgan fingerprint density at radius 2 is 1.95 bits per heavy atom. The van der Waals surface area contributed by atoms with Gasteiger partial charge < -0.3 is 14.7 Å². The molecule has 5 heteroatoms. The summed E-state index contributed by atoms with van der Waals surface area (Å²) in [5.41, 5.74) is 0.960. The summed E-state index contributed by atoms with van der Waals surface area (Å²) in [6.07, 6.45) is -0.654. The summed E-state index contributed by atoms with van der Waals surface area (Å²) in [5.74, 6) is -1.09. The van der Waals surface area contributed by atoms with Crippen molar-refractivity contribution in [2.45, 2.75) is 12.5 Å². The molecular formula is C17H17NO4. The van der Waals surface area contributed by atoms with E-state index in [-0.39, 0.29) is 25.5 Å².